The Bertz CT molecular complexity index is 2820. The molecule has 0 bridgehead atoms. The Morgan fingerprint density at radius 3 is 0.687 bits per heavy atom. The highest BCUT2D eigenvalue weighted by atomic mass is 31.2. The fraction of sp³-hybridized carbons (Fsp3) is 0.660. The average molecular weight is 1650 g/mol. The number of unbranched alkanes of at least 4 members (excludes halogenated alkanes) is 31. The molecular formula is C97H162O16P2. The lowest BCUT2D eigenvalue weighted by molar-refractivity contribution is -0.161. The van der Waals surface area contributed by atoms with Crippen molar-refractivity contribution in [2.24, 2.45) is 0 Å². The summed E-state index contributed by atoms with van der Waals surface area (Å²) in [7, 11) is -9.82. The number of hydrogen-bond donors (Lipinski definition) is 4. The average Bonchev–Trinajstić information content (AvgIpc) is 0.901. The highest BCUT2D eigenvalue weighted by Crippen LogP contribution is 2.45. The standard InChI is InChI=1S/C97H162O16P2/c1-4-7-10-13-16-19-22-25-28-31-34-37-39-41-43-45-47-49-51-54-56-59-62-65-68-71-74-77-80-83-95(100)107-86-92(98)87-109-114(103,104)110-88-93(99)89-111-115(105,106)112-91-94(113-97(102)85-82-79-76-73-70-67-64-61-58-53-36-33-30-27-24-21-18-15-12-9-6-3)90-108-96(101)84-81-78-75-72-69-66-63-60-57-55-52-50-48-46-44-42-40-38-35-32-29-26-23-20-17-14-11-8-5-2/h7-12,16-21,25-30,34-38,41-44,53,61,64,92-94,98-99H,4-6,13-15,22-24,31-33,39-40,45-52,54-60,62-63,65-91H2,1-3H3,(H,103,104)(H,105,106)/b10-7-,11-8-,12-9-,19-16-,20-17-,21-18-,28-25-,29-26-,30-27-,37-34-,38-35-,43-41-,44-42-,53-36-,64-61-. The largest absolute Gasteiger partial charge is 0.472 e. The van der Waals surface area contributed by atoms with Gasteiger partial charge in [0, 0.05) is 19.3 Å². The summed E-state index contributed by atoms with van der Waals surface area (Å²) in [5, 5.41) is 20.7. The zero-order valence-electron chi connectivity index (χ0n) is 72.1. The van der Waals surface area contributed by atoms with Crippen LogP contribution < -0.4 is 0 Å². The van der Waals surface area contributed by atoms with Crippen molar-refractivity contribution in [3.05, 3.63) is 182 Å². The van der Waals surface area contributed by atoms with Gasteiger partial charge in [-0.3, -0.25) is 32.5 Å². The molecule has 0 saturated heterocycles. The van der Waals surface area contributed by atoms with Gasteiger partial charge in [-0.25, -0.2) is 9.13 Å². The van der Waals surface area contributed by atoms with E-state index < -0.39 is 91.5 Å². The maximum atomic E-state index is 13.1. The van der Waals surface area contributed by atoms with Crippen molar-refractivity contribution >= 4 is 33.6 Å². The van der Waals surface area contributed by atoms with E-state index in [2.05, 4.69) is 203 Å². The van der Waals surface area contributed by atoms with Gasteiger partial charge in [0.05, 0.1) is 26.4 Å². The zero-order valence-corrected chi connectivity index (χ0v) is 73.9. The molecule has 0 aromatic heterocycles. The van der Waals surface area contributed by atoms with E-state index in [1.54, 1.807) is 0 Å². The quantitative estimate of drug-likeness (QED) is 0.0146. The van der Waals surface area contributed by atoms with Crippen molar-refractivity contribution in [2.75, 3.05) is 39.6 Å². The Labute approximate surface area is 700 Å². The summed E-state index contributed by atoms with van der Waals surface area (Å²) in [5.41, 5.74) is 0. The molecule has 0 radical (unpaired) electrons. The van der Waals surface area contributed by atoms with Crippen LogP contribution >= 0.6 is 15.6 Å². The molecule has 115 heavy (non-hydrogen) atoms. The second-order valence-corrected chi connectivity index (χ2v) is 32.5. The van der Waals surface area contributed by atoms with Crippen LogP contribution in [0.4, 0.5) is 0 Å². The fourth-order valence-corrected chi connectivity index (χ4v) is 13.5. The van der Waals surface area contributed by atoms with Gasteiger partial charge in [-0.05, 0) is 154 Å². The van der Waals surface area contributed by atoms with Crippen LogP contribution in [0.3, 0.4) is 0 Å². The number of rotatable bonds is 84. The molecule has 4 N–H and O–H groups in total. The van der Waals surface area contributed by atoms with Gasteiger partial charge in [0.2, 0.25) is 0 Å². The SMILES string of the molecule is CC/C=C\C/C=C\C/C=C\C/C=C\C/C=C\CCCCCCCCCCCCCCCC(=O)OCC(O)COP(=O)(O)OCC(O)COP(=O)(O)OCC(COC(=O)CCCCCCCCCCCCCCC/C=C\C/C=C\C/C=C\C/C=C\C/C=C\CC)OC(=O)CCCCCCC/C=C\C/C=C\C/C=C\C/C=C\C/C=C\CC. The molecule has 0 aliphatic rings. The van der Waals surface area contributed by atoms with E-state index in [-0.39, 0.29) is 19.3 Å². The minimum atomic E-state index is -4.95. The first kappa shape index (κ1) is 110. The highest BCUT2D eigenvalue weighted by molar-refractivity contribution is 7.47. The summed E-state index contributed by atoms with van der Waals surface area (Å²) in [6, 6.07) is 0. The van der Waals surface area contributed by atoms with Gasteiger partial charge in [0.25, 0.3) is 0 Å². The van der Waals surface area contributed by atoms with Gasteiger partial charge in [-0.15, -0.1) is 0 Å². The number of aliphatic hydroxyl groups is 2. The molecule has 656 valence electrons. The Balaban J connectivity index is 4.63. The Hall–Kier alpha value is -5.35. The van der Waals surface area contributed by atoms with Crippen molar-refractivity contribution in [3.63, 3.8) is 0 Å². The molecule has 16 nitrogen and oxygen atoms in total. The minimum absolute atomic E-state index is 0.0772. The van der Waals surface area contributed by atoms with Crippen molar-refractivity contribution in [2.45, 2.75) is 373 Å². The van der Waals surface area contributed by atoms with Crippen LogP contribution in [0, 0.1) is 0 Å². The van der Waals surface area contributed by atoms with Crippen LogP contribution in [0.1, 0.15) is 355 Å². The van der Waals surface area contributed by atoms with E-state index in [1.165, 1.54) is 109 Å². The molecule has 0 rings (SSSR count). The predicted octanol–water partition coefficient (Wildman–Crippen LogP) is 27.7. The van der Waals surface area contributed by atoms with Crippen LogP contribution in [0.25, 0.3) is 0 Å². The van der Waals surface area contributed by atoms with Gasteiger partial charge in [0.1, 0.15) is 25.4 Å². The van der Waals surface area contributed by atoms with E-state index in [1.807, 2.05) is 0 Å². The van der Waals surface area contributed by atoms with Crippen molar-refractivity contribution in [1.29, 1.82) is 0 Å². The van der Waals surface area contributed by atoms with Crippen LogP contribution in [-0.4, -0.2) is 95.9 Å². The second-order valence-electron chi connectivity index (χ2n) is 29.6. The van der Waals surface area contributed by atoms with Crippen LogP contribution in [0.2, 0.25) is 0 Å². The fourth-order valence-electron chi connectivity index (χ4n) is 11.9. The molecule has 0 heterocycles. The molecule has 0 amide bonds. The summed E-state index contributed by atoms with van der Waals surface area (Å²) >= 11 is 0. The molecule has 0 aliphatic heterocycles. The lowest BCUT2D eigenvalue weighted by Crippen LogP contribution is -2.30. The third-order valence-corrected chi connectivity index (χ3v) is 20.5. The number of esters is 3. The number of aliphatic hydroxyl groups excluding tert-OH is 2. The number of allylic oxidation sites excluding steroid dienone is 30. The molecule has 0 fully saturated rings. The Morgan fingerprint density at radius 2 is 0.435 bits per heavy atom. The molecule has 5 unspecified atom stereocenters. The normalized spacial score (nSPS) is 14.7. The predicted molar refractivity (Wildman–Crippen MR) is 481 cm³/mol. The third kappa shape index (κ3) is 89.3. The molecular weight excluding hydrogens is 1480 g/mol. The van der Waals surface area contributed by atoms with Crippen LogP contribution in [-0.2, 0) is 55.8 Å². The monoisotopic (exact) mass is 1650 g/mol. The van der Waals surface area contributed by atoms with Gasteiger partial charge in [-0.2, -0.15) is 0 Å². The number of phosphoric ester groups is 2. The highest BCUT2D eigenvalue weighted by Gasteiger charge is 2.29. The van der Waals surface area contributed by atoms with E-state index in [4.69, 9.17) is 32.3 Å². The van der Waals surface area contributed by atoms with E-state index in [0.29, 0.717) is 19.3 Å². The summed E-state index contributed by atoms with van der Waals surface area (Å²) in [6.45, 7) is 2.35. The van der Waals surface area contributed by atoms with Gasteiger partial charge in [0.15, 0.2) is 6.10 Å². The Kier molecular flexibility index (Phi) is 83.9. The molecule has 0 saturated carbocycles. The van der Waals surface area contributed by atoms with Crippen molar-refractivity contribution < 1.29 is 75.8 Å². The molecule has 0 aromatic carbocycles. The topological polar surface area (TPSA) is 231 Å². The maximum Gasteiger partial charge on any atom is 0.472 e. The maximum absolute atomic E-state index is 13.1. The number of ether oxygens (including phenoxy) is 3. The molecule has 0 aliphatic carbocycles. The van der Waals surface area contributed by atoms with Gasteiger partial charge in [-0.1, -0.05) is 364 Å². The summed E-state index contributed by atoms with van der Waals surface area (Å²) in [6.07, 6.45) is 115. The lowest BCUT2D eigenvalue weighted by Gasteiger charge is -2.21. The van der Waals surface area contributed by atoms with E-state index in [9.17, 15) is 43.5 Å². The number of carbonyl (C=O) groups excluding carboxylic acids is 3. The minimum Gasteiger partial charge on any atom is -0.463 e. The number of phosphoric acid groups is 2. The molecule has 18 heteroatoms. The van der Waals surface area contributed by atoms with Crippen molar-refractivity contribution in [1.82, 2.24) is 0 Å². The zero-order chi connectivity index (χ0) is 83.6. The smallest absolute Gasteiger partial charge is 0.463 e. The van der Waals surface area contributed by atoms with Gasteiger partial charge >= 0.3 is 33.6 Å². The summed E-state index contributed by atoms with van der Waals surface area (Å²) in [4.78, 5) is 59.0. The van der Waals surface area contributed by atoms with Crippen LogP contribution in [0.5, 0.6) is 0 Å². The first-order valence-electron chi connectivity index (χ1n) is 45.1. The first-order chi connectivity index (χ1) is 56.2. The number of carbonyl (C=O) groups is 3. The van der Waals surface area contributed by atoms with Crippen molar-refractivity contribution in [3.8, 4) is 0 Å². The summed E-state index contributed by atoms with van der Waals surface area (Å²) in [5.74, 6) is -1.60. The van der Waals surface area contributed by atoms with Crippen LogP contribution in [0.15, 0.2) is 182 Å². The molecule has 5 atom stereocenters. The molecule has 0 spiro atoms. The van der Waals surface area contributed by atoms with E-state index in [0.717, 1.165) is 186 Å². The van der Waals surface area contributed by atoms with E-state index >= 15 is 0 Å². The summed E-state index contributed by atoms with van der Waals surface area (Å²) < 4.78 is 61.4. The van der Waals surface area contributed by atoms with Gasteiger partial charge < -0.3 is 34.2 Å². The first-order valence-corrected chi connectivity index (χ1v) is 48.1. The second kappa shape index (κ2) is 87.9. The lowest BCUT2D eigenvalue weighted by atomic mass is 10.0. The number of hydrogen-bond acceptors (Lipinski definition) is 14. The Morgan fingerprint density at radius 1 is 0.243 bits per heavy atom. The third-order valence-electron chi connectivity index (χ3n) is 18.6. The molecule has 0 aromatic rings.